The van der Waals surface area contributed by atoms with Crippen molar-refractivity contribution in [1.29, 1.82) is 0 Å². The van der Waals surface area contributed by atoms with Crippen LogP contribution in [0.5, 0.6) is 0 Å². The Morgan fingerprint density at radius 1 is 1.59 bits per heavy atom. The summed E-state index contributed by atoms with van der Waals surface area (Å²) in [5.41, 5.74) is 6.43. The molecule has 2 rings (SSSR count). The maximum Gasteiger partial charge on any atom is 0.251 e. The Hall–Kier alpha value is -1.62. The van der Waals surface area contributed by atoms with Gasteiger partial charge in [-0.2, -0.15) is 0 Å². The van der Waals surface area contributed by atoms with Gasteiger partial charge in [-0.15, -0.1) is 0 Å². The third-order valence-electron chi connectivity index (χ3n) is 2.85. The number of anilines is 1. The number of aryl methyl sites for hydroxylation is 1. The lowest BCUT2D eigenvalue weighted by molar-refractivity contribution is 0.0929. The number of ether oxygens (including phenoxy) is 1. The van der Waals surface area contributed by atoms with Crippen molar-refractivity contribution >= 4 is 11.6 Å². The number of benzene rings is 1. The molecule has 0 spiro atoms. The number of hydrogen-bond acceptors (Lipinski definition) is 3. The Bertz CT molecular complexity index is 442. The van der Waals surface area contributed by atoms with E-state index in [9.17, 15) is 9.18 Å². The van der Waals surface area contributed by atoms with Gasteiger partial charge in [-0.25, -0.2) is 4.39 Å². The van der Waals surface area contributed by atoms with Gasteiger partial charge in [0.1, 0.15) is 5.82 Å². The van der Waals surface area contributed by atoms with Crippen molar-refractivity contribution in [3.63, 3.8) is 0 Å². The lowest BCUT2D eigenvalue weighted by atomic mass is 10.1. The van der Waals surface area contributed by atoms with Gasteiger partial charge in [-0.1, -0.05) is 0 Å². The van der Waals surface area contributed by atoms with Crippen LogP contribution in [0.15, 0.2) is 12.1 Å². The van der Waals surface area contributed by atoms with Gasteiger partial charge in [0.2, 0.25) is 0 Å². The number of nitrogens with one attached hydrogen (secondary N) is 1. The molecular weight excluding hydrogens is 223 g/mol. The predicted molar refractivity (Wildman–Crippen MR) is 62.2 cm³/mol. The van der Waals surface area contributed by atoms with Gasteiger partial charge in [0.05, 0.1) is 18.3 Å². The van der Waals surface area contributed by atoms with E-state index in [4.69, 9.17) is 10.5 Å². The molecular formula is C12H15FN2O2. The molecule has 1 amide bonds. The number of hydrogen-bond donors (Lipinski definition) is 2. The molecule has 0 bridgehead atoms. The summed E-state index contributed by atoms with van der Waals surface area (Å²) in [7, 11) is 0. The highest BCUT2D eigenvalue weighted by Gasteiger charge is 2.20. The molecule has 1 saturated heterocycles. The summed E-state index contributed by atoms with van der Waals surface area (Å²) in [6, 6.07) is 2.68. The van der Waals surface area contributed by atoms with Crippen LogP contribution in [0.25, 0.3) is 0 Å². The molecule has 3 N–H and O–H groups in total. The van der Waals surface area contributed by atoms with Crippen molar-refractivity contribution in [3.8, 4) is 0 Å². The van der Waals surface area contributed by atoms with Gasteiger partial charge in [0.15, 0.2) is 0 Å². The molecule has 17 heavy (non-hydrogen) atoms. The van der Waals surface area contributed by atoms with Crippen LogP contribution >= 0.6 is 0 Å². The normalized spacial score (nSPS) is 19.3. The summed E-state index contributed by atoms with van der Waals surface area (Å²) >= 11 is 0. The lowest BCUT2D eigenvalue weighted by Crippen LogP contribution is -2.35. The molecule has 1 aromatic rings. The highest BCUT2D eigenvalue weighted by Crippen LogP contribution is 2.17. The summed E-state index contributed by atoms with van der Waals surface area (Å²) in [5.74, 6) is -0.729. The Morgan fingerprint density at radius 3 is 3.00 bits per heavy atom. The fourth-order valence-corrected chi connectivity index (χ4v) is 1.85. The quantitative estimate of drug-likeness (QED) is 0.762. The number of halogens is 1. The van der Waals surface area contributed by atoms with Gasteiger partial charge < -0.3 is 15.8 Å². The molecule has 0 aromatic heterocycles. The zero-order valence-corrected chi connectivity index (χ0v) is 9.63. The Balaban J connectivity index is 2.15. The lowest BCUT2D eigenvalue weighted by Gasteiger charge is -2.12. The first-order valence-corrected chi connectivity index (χ1v) is 5.52. The molecule has 1 atom stereocenters. The van der Waals surface area contributed by atoms with Crippen molar-refractivity contribution in [2.24, 2.45) is 0 Å². The van der Waals surface area contributed by atoms with Crippen LogP contribution < -0.4 is 11.1 Å². The van der Waals surface area contributed by atoms with Gasteiger partial charge >= 0.3 is 0 Å². The SMILES string of the molecule is Cc1cc(F)c(N)cc1C(=O)NC1CCOC1. The molecule has 5 heteroatoms. The number of amides is 1. The summed E-state index contributed by atoms with van der Waals surface area (Å²) in [4.78, 5) is 11.9. The van der Waals surface area contributed by atoms with Crippen LogP contribution in [0, 0.1) is 12.7 Å². The summed E-state index contributed by atoms with van der Waals surface area (Å²) < 4.78 is 18.3. The largest absolute Gasteiger partial charge is 0.396 e. The second kappa shape index (κ2) is 4.71. The van der Waals surface area contributed by atoms with E-state index in [0.717, 1.165) is 6.42 Å². The maximum absolute atomic E-state index is 13.2. The van der Waals surface area contributed by atoms with E-state index in [0.29, 0.717) is 24.3 Å². The van der Waals surface area contributed by atoms with Crippen LogP contribution in [0.1, 0.15) is 22.3 Å². The van der Waals surface area contributed by atoms with E-state index >= 15 is 0 Å². The highest BCUT2D eigenvalue weighted by molar-refractivity contribution is 5.96. The van der Waals surface area contributed by atoms with E-state index < -0.39 is 5.82 Å². The van der Waals surface area contributed by atoms with Crippen LogP contribution in [-0.4, -0.2) is 25.2 Å². The minimum absolute atomic E-state index is 0.0107. The fourth-order valence-electron chi connectivity index (χ4n) is 1.85. The van der Waals surface area contributed by atoms with Crippen molar-refractivity contribution < 1.29 is 13.9 Å². The minimum atomic E-state index is -0.497. The molecule has 0 radical (unpaired) electrons. The molecule has 1 aliphatic rings. The zero-order chi connectivity index (χ0) is 12.4. The summed E-state index contributed by atoms with van der Waals surface area (Å²) in [5, 5.41) is 2.84. The number of rotatable bonds is 2. The molecule has 1 aliphatic heterocycles. The first-order chi connectivity index (χ1) is 8.08. The smallest absolute Gasteiger partial charge is 0.251 e. The highest BCUT2D eigenvalue weighted by atomic mass is 19.1. The number of nitrogen functional groups attached to an aromatic ring is 1. The Labute approximate surface area is 98.9 Å². The third kappa shape index (κ3) is 2.55. The standard InChI is InChI=1S/C12H15FN2O2/c1-7-4-10(13)11(14)5-9(7)12(16)15-8-2-3-17-6-8/h4-5,8H,2-3,6,14H2,1H3,(H,15,16). The number of carbonyl (C=O) groups is 1. The zero-order valence-electron chi connectivity index (χ0n) is 9.63. The molecule has 1 unspecified atom stereocenters. The third-order valence-corrected chi connectivity index (χ3v) is 2.85. The monoisotopic (exact) mass is 238 g/mol. The summed E-state index contributed by atoms with van der Waals surface area (Å²) in [6.45, 7) is 2.87. The van der Waals surface area contributed by atoms with Crippen LogP contribution in [0.2, 0.25) is 0 Å². The fraction of sp³-hybridized carbons (Fsp3) is 0.417. The molecule has 1 heterocycles. The number of nitrogens with two attached hydrogens (primary N) is 1. The molecule has 1 fully saturated rings. The predicted octanol–water partition coefficient (Wildman–Crippen LogP) is 1.24. The van der Waals surface area contributed by atoms with E-state index in [2.05, 4.69) is 5.32 Å². The maximum atomic E-state index is 13.2. The van der Waals surface area contributed by atoms with E-state index in [1.807, 2.05) is 0 Å². The van der Waals surface area contributed by atoms with Gasteiger partial charge in [-0.3, -0.25) is 4.79 Å². The topological polar surface area (TPSA) is 64.4 Å². The van der Waals surface area contributed by atoms with Crippen LogP contribution in [0.4, 0.5) is 10.1 Å². The second-order valence-electron chi connectivity index (χ2n) is 4.22. The molecule has 92 valence electrons. The van der Waals surface area contributed by atoms with Gasteiger partial charge in [0.25, 0.3) is 5.91 Å². The van der Waals surface area contributed by atoms with Gasteiger partial charge in [0, 0.05) is 12.2 Å². The first kappa shape index (κ1) is 11.9. The van der Waals surface area contributed by atoms with Crippen LogP contribution in [0.3, 0.4) is 0 Å². The molecule has 0 aliphatic carbocycles. The average Bonchev–Trinajstić information content (AvgIpc) is 2.76. The summed E-state index contributed by atoms with van der Waals surface area (Å²) in [6.07, 6.45) is 0.807. The second-order valence-corrected chi connectivity index (χ2v) is 4.22. The van der Waals surface area contributed by atoms with Crippen molar-refractivity contribution in [3.05, 3.63) is 29.1 Å². The Kier molecular flexibility index (Phi) is 3.28. The van der Waals surface area contributed by atoms with E-state index in [1.54, 1.807) is 6.92 Å². The van der Waals surface area contributed by atoms with E-state index in [1.165, 1.54) is 12.1 Å². The van der Waals surface area contributed by atoms with Crippen molar-refractivity contribution in [2.75, 3.05) is 18.9 Å². The minimum Gasteiger partial charge on any atom is -0.396 e. The van der Waals surface area contributed by atoms with Crippen molar-refractivity contribution in [1.82, 2.24) is 5.32 Å². The number of carbonyl (C=O) groups excluding carboxylic acids is 1. The molecule has 1 aromatic carbocycles. The first-order valence-electron chi connectivity index (χ1n) is 5.52. The molecule has 4 nitrogen and oxygen atoms in total. The Morgan fingerprint density at radius 2 is 2.35 bits per heavy atom. The van der Waals surface area contributed by atoms with Crippen LogP contribution in [-0.2, 0) is 4.74 Å². The average molecular weight is 238 g/mol. The van der Waals surface area contributed by atoms with E-state index in [-0.39, 0.29) is 17.6 Å². The van der Waals surface area contributed by atoms with Gasteiger partial charge in [-0.05, 0) is 31.0 Å². The molecule has 0 saturated carbocycles. The van der Waals surface area contributed by atoms with Crippen molar-refractivity contribution in [2.45, 2.75) is 19.4 Å².